The third-order valence-electron chi connectivity index (χ3n) is 11.2. The maximum Gasteiger partial charge on any atom is 0.145 e. The van der Waals surface area contributed by atoms with Crippen molar-refractivity contribution in [3.05, 3.63) is 182 Å². The number of para-hydroxylation sites is 3. The number of benzene rings is 8. The average Bonchev–Trinajstić information content (AvgIpc) is 3.86. The smallest absolute Gasteiger partial charge is 0.145 e. The molecule has 0 fully saturated rings. The molecule has 0 saturated heterocycles. The minimum absolute atomic E-state index is 0.961. The molecule has 4 heteroatoms. The zero-order valence-corrected chi connectivity index (χ0v) is 28.6. The third-order valence-corrected chi connectivity index (χ3v) is 11.2. The van der Waals surface area contributed by atoms with Gasteiger partial charge in [-0.25, -0.2) is 4.98 Å². The molecule has 0 saturated carbocycles. The highest BCUT2D eigenvalue weighted by Crippen LogP contribution is 2.44. The van der Waals surface area contributed by atoms with Crippen LogP contribution in [-0.2, 0) is 0 Å². The molecule has 12 rings (SSSR count). The number of imidazole rings is 1. The van der Waals surface area contributed by atoms with Crippen LogP contribution in [0, 0.1) is 0 Å². The molecule has 0 spiro atoms. The van der Waals surface area contributed by atoms with Crippen LogP contribution in [0.25, 0.3) is 105 Å². The molecule has 0 atom stereocenters. The molecule has 4 nitrogen and oxygen atoms in total. The molecule has 8 aromatic carbocycles. The average molecular weight is 675 g/mol. The van der Waals surface area contributed by atoms with Gasteiger partial charge in [-0.3, -0.25) is 4.40 Å². The van der Waals surface area contributed by atoms with E-state index in [0.717, 1.165) is 39.3 Å². The summed E-state index contributed by atoms with van der Waals surface area (Å²) in [5.41, 5.74) is 13.9. The van der Waals surface area contributed by atoms with Gasteiger partial charge in [0, 0.05) is 43.9 Å². The van der Waals surface area contributed by atoms with Gasteiger partial charge in [-0.1, -0.05) is 121 Å². The van der Waals surface area contributed by atoms with Crippen LogP contribution in [0.1, 0.15) is 0 Å². The number of aromatic nitrogens is 4. The Morgan fingerprint density at radius 1 is 0.321 bits per heavy atom. The minimum Gasteiger partial charge on any atom is -0.309 e. The van der Waals surface area contributed by atoms with Crippen LogP contribution in [0.15, 0.2) is 182 Å². The monoisotopic (exact) mass is 674 g/mol. The molecule has 0 aliphatic heterocycles. The lowest BCUT2D eigenvalue weighted by Gasteiger charge is -2.11. The zero-order chi connectivity index (χ0) is 34.6. The zero-order valence-electron chi connectivity index (χ0n) is 28.6. The van der Waals surface area contributed by atoms with E-state index in [1.165, 1.54) is 65.5 Å². The highest BCUT2D eigenvalue weighted by atomic mass is 15.0. The maximum atomic E-state index is 5.27. The summed E-state index contributed by atoms with van der Waals surface area (Å²) in [7, 11) is 0. The summed E-state index contributed by atoms with van der Waals surface area (Å²) in [5.74, 6) is 0.961. The highest BCUT2D eigenvalue weighted by Gasteiger charge is 2.23. The van der Waals surface area contributed by atoms with E-state index in [2.05, 4.69) is 196 Å². The van der Waals surface area contributed by atoms with E-state index in [-0.39, 0.29) is 0 Å². The summed E-state index contributed by atoms with van der Waals surface area (Å²) in [6.45, 7) is 0. The predicted octanol–water partition coefficient (Wildman–Crippen LogP) is 12.6. The second-order valence-electron chi connectivity index (χ2n) is 14.0. The van der Waals surface area contributed by atoms with Crippen molar-refractivity contribution in [3.63, 3.8) is 0 Å². The van der Waals surface area contributed by atoms with Crippen molar-refractivity contribution in [2.75, 3.05) is 0 Å². The van der Waals surface area contributed by atoms with Crippen molar-refractivity contribution in [1.82, 2.24) is 18.5 Å². The van der Waals surface area contributed by atoms with E-state index in [4.69, 9.17) is 4.98 Å². The molecule has 0 radical (unpaired) electrons. The summed E-state index contributed by atoms with van der Waals surface area (Å²) in [6.07, 6.45) is 0. The number of rotatable bonds is 4. The van der Waals surface area contributed by atoms with Gasteiger partial charge in [0.05, 0.1) is 38.6 Å². The molecule has 4 aromatic heterocycles. The molecule has 53 heavy (non-hydrogen) atoms. The van der Waals surface area contributed by atoms with E-state index in [1.807, 2.05) is 0 Å². The Labute approximate surface area is 304 Å². The molecule has 0 bridgehead atoms. The van der Waals surface area contributed by atoms with Gasteiger partial charge >= 0.3 is 0 Å². The quantitative estimate of drug-likeness (QED) is 0.183. The van der Waals surface area contributed by atoms with Crippen molar-refractivity contribution in [3.8, 4) is 33.9 Å². The molecule has 12 aromatic rings. The molecule has 4 heterocycles. The van der Waals surface area contributed by atoms with E-state index in [1.54, 1.807) is 0 Å². The maximum absolute atomic E-state index is 5.27. The standard InChI is InChI=1S/C49H30N4/c1-2-11-33(12-3-1)49-50-40-29-30-45-47-46-39(38-15-6-9-19-43(38)53(49)48(40)47)16-10-20-44(46)52(45)35-27-23-32(24-28-35)31-21-25-34(26-22-31)51-41-17-7-4-13-36(41)37-14-5-8-18-42(37)51/h1-30H. The van der Waals surface area contributed by atoms with E-state index in [0.29, 0.717) is 0 Å². The molecule has 246 valence electrons. The first-order chi connectivity index (χ1) is 26.3. The fraction of sp³-hybridized carbons (Fsp3) is 0. The van der Waals surface area contributed by atoms with Gasteiger partial charge in [-0.2, -0.15) is 0 Å². The number of hydrogen-bond acceptors (Lipinski definition) is 1. The SMILES string of the molecule is c1ccc(-c2nc3ccc4c5c6c(cccc6n4-c4ccc(-c6ccc(-n7c8ccccc8c8ccccc87)cc6)cc4)c4ccccc4n2c35)cc1. The molecular weight excluding hydrogens is 645 g/mol. The lowest BCUT2D eigenvalue weighted by molar-refractivity contribution is 1.18. The van der Waals surface area contributed by atoms with Crippen molar-refractivity contribution in [1.29, 1.82) is 0 Å². The molecule has 0 aliphatic rings. The Morgan fingerprint density at radius 2 is 0.811 bits per heavy atom. The fourth-order valence-corrected chi connectivity index (χ4v) is 8.93. The minimum atomic E-state index is 0.961. The van der Waals surface area contributed by atoms with Gasteiger partial charge in [0.2, 0.25) is 0 Å². The Balaban J connectivity index is 1.03. The van der Waals surface area contributed by atoms with Crippen LogP contribution in [0.2, 0.25) is 0 Å². The normalized spacial score (nSPS) is 12.2. The van der Waals surface area contributed by atoms with E-state index >= 15 is 0 Å². The summed E-state index contributed by atoms with van der Waals surface area (Å²) in [5, 5.41) is 7.52. The largest absolute Gasteiger partial charge is 0.309 e. The summed E-state index contributed by atoms with van der Waals surface area (Å²) >= 11 is 0. The van der Waals surface area contributed by atoms with Crippen LogP contribution in [0.5, 0.6) is 0 Å². The summed E-state index contributed by atoms with van der Waals surface area (Å²) < 4.78 is 7.18. The highest BCUT2D eigenvalue weighted by molar-refractivity contribution is 6.30. The van der Waals surface area contributed by atoms with Gasteiger partial charge in [0.1, 0.15) is 5.82 Å². The first kappa shape index (κ1) is 28.5. The van der Waals surface area contributed by atoms with Gasteiger partial charge in [-0.15, -0.1) is 0 Å². The number of fused-ring (bicyclic) bond motifs is 6. The second kappa shape index (κ2) is 10.7. The second-order valence-corrected chi connectivity index (χ2v) is 14.0. The van der Waals surface area contributed by atoms with Gasteiger partial charge in [-0.05, 0) is 77.2 Å². The van der Waals surface area contributed by atoms with Crippen molar-refractivity contribution in [2.45, 2.75) is 0 Å². The van der Waals surface area contributed by atoms with E-state index in [9.17, 15) is 0 Å². The first-order valence-electron chi connectivity index (χ1n) is 18.1. The predicted molar refractivity (Wildman–Crippen MR) is 221 cm³/mol. The first-order valence-corrected chi connectivity index (χ1v) is 18.1. The van der Waals surface area contributed by atoms with Crippen molar-refractivity contribution >= 4 is 70.9 Å². The van der Waals surface area contributed by atoms with Crippen LogP contribution in [0.3, 0.4) is 0 Å². The lowest BCUT2D eigenvalue weighted by atomic mass is 10.0. The van der Waals surface area contributed by atoms with Gasteiger partial charge in [0.15, 0.2) is 0 Å². The van der Waals surface area contributed by atoms with Crippen molar-refractivity contribution < 1.29 is 0 Å². The van der Waals surface area contributed by atoms with E-state index < -0.39 is 0 Å². The molecular formula is C49H30N4. The molecule has 0 amide bonds. The van der Waals surface area contributed by atoms with Crippen LogP contribution < -0.4 is 0 Å². The van der Waals surface area contributed by atoms with Crippen LogP contribution in [0.4, 0.5) is 0 Å². The molecule has 0 N–H and O–H groups in total. The van der Waals surface area contributed by atoms with Gasteiger partial charge in [0.25, 0.3) is 0 Å². The molecule has 0 aliphatic carbocycles. The Morgan fingerprint density at radius 3 is 1.45 bits per heavy atom. The fourth-order valence-electron chi connectivity index (χ4n) is 8.93. The number of nitrogens with zero attached hydrogens (tertiary/aromatic N) is 4. The summed E-state index contributed by atoms with van der Waals surface area (Å²) in [4.78, 5) is 5.27. The topological polar surface area (TPSA) is 27.2 Å². The number of hydrogen-bond donors (Lipinski definition) is 0. The molecule has 0 unspecified atom stereocenters. The Kier molecular flexibility index (Phi) is 5.74. The third kappa shape index (κ3) is 3.92. The van der Waals surface area contributed by atoms with Crippen LogP contribution >= 0.6 is 0 Å². The Bertz CT molecular complexity index is 3310. The van der Waals surface area contributed by atoms with Gasteiger partial charge < -0.3 is 9.13 Å². The van der Waals surface area contributed by atoms with Crippen LogP contribution in [-0.4, -0.2) is 18.5 Å². The lowest BCUT2D eigenvalue weighted by Crippen LogP contribution is -1.95. The summed E-state index contributed by atoms with van der Waals surface area (Å²) in [6, 6.07) is 65.8. The Hall–Kier alpha value is -7.17. The van der Waals surface area contributed by atoms with Crippen molar-refractivity contribution in [2.24, 2.45) is 0 Å².